The summed E-state index contributed by atoms with van der Waals surface area (Å²) in [4.78, 5) is 4.13. The van der Waals surface area contributed by atoms with E-state index >= 15 is 0 Å². The van der Waals surface area contributed by atoms with E-state index in [2.05, 4.69) is 11.6 Å². The fraction of sp³-hybridized carbons (Fsp3) is 0.312. The van der Waals surface area contributed by atoms with Crippen molar-refractivity contribution >= 4 is 5.95 Å². The van der Waals surface area contributed by atoms with E-state index in [0.717, 1.165) is 36.3 Å². The zero-order valence-electron chi connectivity index (χ0n) is 11.9. The number of nitrogens with two attached hydrogens (primary N) is 1. The van der Waals surface area contributed by atoms with Gasteiger partial charge in [0.25, 0.3) is 0 Å². The standard InChI is InChI=1S/C16H21N3O/c1-3-4-5-8-11-20-15-10-7-6-9-13(15)14-12-18-16(17)19(14)2/h3,6-7,9-10,12H,1,4-5,8,11H2,2H3,(H2,17,18). The van der Waals surface area contributed by atoms with E-state index in [-0.39, 0.29) is 0 Å². The largest absolute Gasteiger partial charge is 0.493 e. The van der Waals surface area contributed by atoms with Gasteiger partial charge in [-0.05, 0) is 31.4 Å². The smallest absolute Gasteiger partial charge is 0.200 e. The number of anilines is 1. The van der Waals surface area contributed by atoms with Gasteiger partial charge >= 0.3 is 0 Å². The minimum absolute atomic E-state index is 0.501. The van der Waals surface area contributed by atoms with E-state index in [1.54, 1.807) is 6.20 Å². The van der Waals surface area contributed by atoms with Crippen LogP contribution in [0.25, 0.3) is 11.3 Å². The van der Waals surface area contributed by atoms with E-state index in [1.165, 1.54) is 0 Å². The lowest BCUT2D eigenvalue weighted by molar-refractivity contribution is 0.308. The molecule has 0 aliphatic rings. The molecule has 0 aliphatic heterocycles. The third-order valence-corrected chi connectivity index (χ3v) is 3.25. The maximum Gasteiger partial charge on any atom is 0.200 e. The predicted octanol–water partition coefficient (Wildman–Crippen LogP) is 3.40. The van der Waals surface area contributed by atoms with E-state index in [0.29, 0.717) is 12.6 Å². The van der Waals surface area contributed by atoms with Gasteiger partial charge < -0.3 is 15.0 Å². The van der Waals surface area contributed by atoms with Crippen LogP contribution in [-0.4, -0.2) is 16.2 Å². The summed E-state index contributed by atoms with van der Waals surface area (Å²) >= 11 is 0. The van der Waals surface area contributed by atoms with Crippen LogP contribution in [0.2, 0.25) is 0 Å². The van der Waals surface area contributed by atoms with Crippen molar-refractivity contribution in [3.63, 3.8) is 0 Å². The normalized spacial score (nSPS) is 10.4. The maximum atomic E-state index is 5.89. The Morgan fingerprint density at radius 3 is 2.85 bits per heavy atom. The molecule has 2 aromatic rings. The van der Waals surface area contributed by atoms with E-state index in [1.807, 2.05) is 42.0 Å². The first-order chi connectivity index (χ1) is 9.74. The van der Waals surface area contributed by atoms with Crippen molar-refractivity contribution in [2.75, 3.05) is 12.3 Å². The van der Waals surface area contributed by atoms with Crippen molar-refractivity contribution in [1.29, 1.82) is 0 Å². The second kappa shape index (κ2) is 6.80. The molecule has 2 N–H and O–H groups in total. The molecule has 0 fully saturated rings. The first kappa shape index (κ1) is 14.2. The Morgan fingerprint density at radius 1 is 1.35 bits per heavy atom. The molecule has 0 bridgehead atoms. The first-order valence-corrected chi connectivity index (χ1v) is 6.84. The number of imidazole rings is 1. The Balaban J connectivity index is 2.10. The van der Waals surface area contributed by atoms with Crippen LogP contribution in [0.3, 0.4) is 0 Å². The second-order valence-electron chi connectivity index (χ2n) is 4.69. The van der Waals surface area contributed by atoms with Crippen LogP contribution >= 0.6 is 0 Å². The maximum absolute atomic E-state index is 5.89. The third kappa shape index (κ3) is 3.20. The Labute approximate surface area is 119 Å². The Bertz CT molecular complexity index is 575. The summed E-state index contributed by atoms with van der Waals surface area (Å²) in [5.41, 5.74) is 7.76. The molecule has 0 saturated carbocycles. The van der Waals surface area contributed by atoms with Crippen molar-refractivity contribution in [2.24, 2.45) is 7.05 Å². The fourth-order valence-electron chi connectivity index (χ4n) is 2.05. The van der Waals surface area contributed by atoms with Crippen LogP contribution in [0, 0.1) is 0 Å². The Hall–Kier alpha value is -2.23. The van der Waals surface area contributed by atoms with Gasteiger partial charge in [0.1, 0.15) is 5.75 Å². The van der Waals surface area contributed by atoms with Crippen LogP contribution in [0.1, 0.15) is 19.3 Å². The van der Waals surface area contributed by atoms with Crippen LogP contribution in [0.4, 0.5) is 5.95 Å². The number of unbranched alkanes of at least 4 members (excludes halogenated alkanes) is 2. The fourth-order valence-corrected chi connectivity index (χ4v) is 2.05. The summed E-state index contributed by atoms with van der Waals surface area (Å²) in [5.74, 6) is 1.37. The number of para-hydroxylation sites is 1. The van der Waals surface area contributed by atoms with Gasteiger partial charge in [0.05, 0.1) is 18.5 Å². The molecule has 0 atom stereocenters. The summed E-state index contributed by atoms with van der Waals surface area (Å²) in [7, 11) is 1.90. The lowest BCUT2D eigenvalue weighted by Crippen LogP contribution is -2.01. The zero-order chi connectivity index (χ0) is 14.4. The van der Waals surface area contributed by atoms with E-state index in [4.69, 9.17) is 10.5 Å². The van der Waals surface area contributed by atoms with E-state index < -0.39 is 0 Å². The number of nitrogens with zero attached hydrogens (tertiary/aromatic N) is 2. The summed E-state index contributed by atoms with van der Waals surface area (Å²) < 4.78 is 7.75. The number of hydrogen-bond acceptors (Lipinski definition) is 3. The minimum atomic E-state index is 0.501. The zero-order valence-corrected chi connectivity index (χ0v) is 11.9. The summed E-state index contributed by atoms with van der Waals surface area (Å²) in [5, 5.41) is 0. The molecule has 0 radical (unpaired) electrons. The number of ether oxygens (including phenoxy) is 1. The Kier molecular flexibility index (Phi) is 4.82. The molecule has 106 valence electrons. The summed E-state index contributed by atoms with van der Waals surface area (Å²) in [6.45, 7) is 4.43. The number of benzene rings is 1. The van der Waals surface area contributed by atoms with Crippen molar-refractivity contribution in [3.8, 4) is 17.0 Å². The molecule has 20 heavy (non-hydrogen) atoms. The van der Waals surface area contributed by atoms with Gasteiger partial charge in [0, 0.05) is 12.6 Å². The van der Waals surface area contributed by atoms with Crippen LogP contribution in [0.15, 0.2) is 43.1 Å². The highest BCUT2D eigenvalue weighted by Gasteiger charge is 2.11. The van der Waals surface area contributed by atoms with Gasteiger partial charge in [-0.2, -0.15) is 0 Å². The monoisotopic (exact) mass is 271 g/mol. The quantitative estimate of drug-likeness (QED) is 0.620. The molecule has 2 rings (SSSR count). The average Bonchev–Trinajstić information content (AvgIpc) is 2.79. The summed E-state index contributed by atoms with van der Waals surface area (Å²) in [6, 6.07) is 7.97. The molecule has 1 aromatic heterocycles. The van der Waals surface area contributed by atoms with Crippen molar-refractivity contribution in [1.82, 2.24) is 9.55 Å². The molecule has 1 heterocycles. The third-order valence-electron chi connectivity index (χ3n) is 3.25. The minimum Gasteiger partial charge on any atom is -0.493 e. The molecule has 0 unspecified atom stereocenters. The van der Waals surface area contributed by atoms with Crippen LogP contribution in [-0.2, 0) is 7.05 Å². The number of aromatic nitrogens is 2. The highest BCUT2D eigenvalue weighted by molar-refractivity contribution is 5.68. The first-order valence-electron chi connectivity index (χ1n) is 6.84. The van der Waals surface area contributed by atoms with Gasteiger partial charge in [0.15, 0.2) is 5.95 Å². The summed E-state index contributed by atoms with van der Waals surface area (Å²) in [6.07, 6.45) is 6.86. The van der Waals surface area contributed by atoms with Gasteiger partial charge in [0.2, 0.25) is 0 Å². The lowest BCUT2D eigenvalue weighted by atomic mass is 10.1. The molecule has 0 amide bonds. The average molecular weight is 271 g/mol. The topological polar surface area (TPSA) is 53.1 Å². The second-order valence-corrected chi connectivity index (χ2v) is 4.69. The lowest BCUT2D eigenvalue weighted by Gasteiger charge is -2.11. The number of hydrogen-bond donors (Lipinski definition) is 1. The Morgan fingerprint density at radius 2 is 2.15 bits per heavy atom. The SMILES string of the molecule is C=CCCCCOc1ccccc1-c1cnc(N)n1C. The van der Waals surface area contributed by atoms with Crippen LogP contribution in [0.5, 0.6) is 5.75 Å². The molecule has 1 aromatic carbocycles. The highest BCUT2D eigenvalue weighted by atomic mass is 16.5. The number of nitrogen functional groups attached to an aromatic ring is 1. The number of allylic oxidation sites excluding steroid dienone is 1. The van der Waals surface area contributed by atoms with Crippen molar-refractivity contribution in [3.05, 3.63) is 43.1 Å². The molecule has 0 spiro atoms. The van der Waals surface area contributed by atoms with Crippen molar-refractivity contribution in [2.45, 2.75) is 19.3 Å². The van der Waals surface area contributed by atoms with Gasteiger partial charge in [-0.1, -0.05) is 18.2 Å². The number of rotatable bonds is 7. The predicted molar refractivity (Wildman–Crippen MR) is 82.6 cm³/mol. The van der Waals surface area contributed by atoms with Gasteiger partial charge in [-0.15, -0.1) is 6.58 Å². The molecular weight excluding hydrogens is 250 g/mol. The van der Waals surface area contributed by atoms with Crippen molar-refractivity contribution < 1.29 is 4.74 Å². The molecule has 4 nitrogen and oxygen atoms in total. The molecule has 0 saturated heterocycles. The molecule has 0 aliphatic carbocycles. The van der Waals surface area contributed by atoms with Gasteiger partial charge in [-0.25, -0.2) is 4.98 Å². The van der Waals surface area contributed by atoms with Gasteiger partial charge in [-0.3, -0.25) is 0 Å². The molecular formula is C16H21N3O. The highest BCUT2D eigenvalue weighted by Crippen LogP contribution is 2.30. The molecule has 4 heteroatoms. The van der Waals surface area contributed by atoms with E-state index in [9.17, 15) is 0 Å². The van der Waals surface area contributed by atoms with Crippen LogP contribution < -0.4 is 10.5 Å².